The fraction of sp³-hybridized carbons (Fsp3) is 0.750. The van der Waals surface area contributed by atoms with Crippen LogP contribution in [0.25, 0.3) is 0 Å². The van der Waals surface area contributed by atoms with Crippen LogP contribution in [0.2, 0.25) is 0 Å². The zero-order valence-corrected chi connectivity index (χ0v) is 12.9. The van der Waals surface area contributed by atoms with Crippen molar-refractivity contribution in [2.24, 2.45) is 11.7 Å². The highest BCUT2D eigenvalue weighted by Gasteiger charge is 2.33. The molecule has 2 fully saturated rings. The van der Waals surface area contributed by atoms with Crippen molar-refractivity contribution >= 4 is 5.91 Å². The first-order valence-electron chi connectivity index (χ1n) is 8.24. The number of likely N-dealkylation sites (tertiary alicyclic amines) is 1. The van der Waals surface area contributed by atoms with Crippen molar-refractivity contribution < 1.29 is 4.79 Å². The second-order valence-corrected chi connectivity index (χ2v) is 6.50. The van der Waals surface area contributed by atoms with E-state index in [1.807, 2.05) is 10.9 Å². The van der Waals surface area contributed by atoms with Gasteiger partial charge in [-0.25, -0.2) is 0 Å². The standard InChI is InChI=1S/C16H26N4O/c1-2-20-11-14(10-18-20)12-5-7-19(8-6-12)16(21)13-3-4-15(17)9-13/h10-13,15H,2-9,17H2,1H3/t13-,15-/m0/s1. The van der Waals surface area contributed by atoms with E-state index >= 15 is 0 Å². The summed E-state index contributed by atoms with van der Waals surface area (Å²) >= 11 is 0. The zero-order chi connectivity index (χ0) is 14.8. The van der Waals surface area contributed by atoms with Gasteiger partial charge in [-0.05, 0) is 50.5 Å². The Bertz CT molecular complexity index is 490. The highest BCUT2D eigenvalue weighted by molar-refractivity contribution is 5.79. The largest absolute Gasteiger partial charge is 0.342 e. The van der Waals surface area contributed by atoms with Crippen LogP contribution >= 0.6 is 0 Å². The van der Waals surface area contributed by atoms with Gasteiger partial charge in [0.1, 0.15) is 0 Å². The van der Waals surface area contributed by atoms with E-state index in [9.17, 15) is 4.79 Å². The van der Waals surface area contributed by atoms with Crippen LogP contribution in [0.5, 0.6) is 0 Å². The lowest BCUT2D eigenvalue weighted by Gasteiger charge is -2.33. The third kappa shape index (κ3) is 3.12. The number of aryl methyl sites for hydroxylation is 1. The van der Waals surface area contributed by atoms with Gasteiger partial charge in [-0.2, -0.15) is 5.10 Å². The molecule has 0 aromatic carbocycles. The molecule has 1 aromatic heterocycles. The summed E-state index contributed by atoms with van der Waals surface area (Å²) in [6, 6.07) is 0.233. The Hall–Kier alpha value is -1.36. The van der Waals surface area contributed by atoms with Crippen LogP contribution < -0.4 is 5.73 Å². The van der Waals surface area contributed by atoms with Gasteiger partial charge in [0, 0.05) is 37.8 Å². The van der Waals surface area contributed by atoms with Gasteiger partial charge >= 0.3 is 0 Å². The molecule has 2 N–H and O–H groups in total. The molecule has 1 aromatic rings. The van der Waals surface area contributed by atoms with Gasteiger partial charge in [0.15, 0.2) is 0 Å². The molecular formula is C16H26N4O. The maximum Gasteiger partial charge on any atom is 0.225 e. The van der Waals surface area contributed by atoms with E-state index in [0.717, 1.165) is 51.7 Å². The molecule has 116 valence electrons. The van der Waals surface area contributed by atoms with Crippen molar-refractivity contribution in [3.63, 3.8) is 0 Å². The van der Waals surface area contributed by atoms with Crippen LogP contribution in [-0.2, 0) is 11.3 Å². The fourth-order valence-corrected chi connectivity index (χ4v) is 3.70. The summed E-state index contributed by atoms with van der Waals surface area (Å²) in [5, 5.41) is 4.36. The van der Waals surface area contributed by atoms with Crippen molar-refractivity contribution in [1.82, 2.24) is 14.7 Å². The monoisotopic (exact) mass is 290 g/mol. The molecule has 1 aliphatic heterocycles. The van der Waals surface area contributed by atoms with Crippen molar-refractivity contribution in [3.05, 3.63) is 18.0 Å². The summed E-state index contributed by atoms with van der Waals surface area (Å²) in [6.07, 6.45) is 9.11. The van der Waals surface area contributed by atoms with E-state index in [1.54, 1.807) is 0 Å². The molecule has 1 amide bonds. The summed E-state index contributed by atoms with van der Waals surface area (Å²) in [4.78, 5) is 14.6. The van der Waals surface area contributed by atoms with Crippen LogP contribution in [0.4, 0.5) is 0 Å². The Kier molecular flexibility index (Phi) is 4.29. The minimum absolute atomic E-state index is 0.180. The number of rotatable bonds is 3. The SMILES string of the molecule is CCn1cc(C2CCN(C(=O)[C@H]3CC[C@H](N)C3)CC2)cn1. The average Bonchev–Trinajstić information content (AvgIpc) is 3.15. The van der Waals surface area contributed by atoms with Gasteiger partial charge in [-0.1, -0.05) is 0 Å². The minimum atomic E-state index is 0.180. The van der Waals surface area contributed by atoms with Crippen molar-refractivity contribution in [3.8, 4) is 0 Å². The minimum Gasteiger partial charge on any atom is -0.342 e. The molecule has 5 heteroatoms. The Morgan fingerprint density at radius 3 is 2.67 bits per heavy atom. The Morgan fingerprint density at radius 2 is 2.10 bits per heavy atom. The van der Waals surface area contributed by atoms with Crippen LogP contribution in [0.1, 0.15) is 50.5 Å². The molecule has 21 heavy (non-hydrogen) atoms. The van der Waals surface area contributed by atoms with Gasteiger partial charge < -0.3 is 10.6 Å². The van der Waals surface area contributed by atoms with E-state index < -0.39 is 0 Å². The van der Waals surface area contributed by atoms with E-state index in [0.29, 0.717) is 11.8 Å². The smallest absolute Gasteiger partial charge is 0.225 e. The normalized spacial score (nSPS) is 27.2. The number of carbonyl (C=O) groups excluding carboxylic acids is 1. The van der Waals surface area contributed by atoms with Gasteiger partial charge in [0.05, 0.1) is 6.20 Å². The summed E-state index contributed by atoms with van der Waals surface area (Å²) < 4.78 is 1.98. The Morgan fingerprint density at radius 1 is 1.33 bits per heavy atom. The van der Waals surface area contributed by atoms with Crippen molar-refractivity contribution in [2.45, 2.75) is 57.5 Å². The molecule has 3 rings (SSSR count). The van der Waals surface area contributed by atoms with Crippen LogP contribution in [0, 0.1) is 5.92 Å². The zero-order valence-electron chi connectivity index (χ0n) is 12.9. The summed E-state index contributed by atoms with van der Waals surface area (Å²) in [5.41, 5.74) is 7.25. The van der Waals surface area contributed by atoms with Crippen LogP contribution in [0.15, 0.2) is 12.4 Å². The molecule has 1 saturated carbocycles. The lowest BCUT2D eigenvalue weighted by molar-refractivity contribution is -0.136. The Labute approximate surface area is 126 Å². The second kappa shape index (κ2) is 6.18. The molecule has 0 spiro atoms. The van der Waals surface area contributed by atoms with E-state index in [4.69, 9.17) is 5.73 Å². The number of nitrogens with zero attached hydrogens (tertiary/aromatic N) is 3. The molecule has 5 nitrogen and oxygen atoms in total. The number of nitrogens with two attached hydrogens (primary N) is 1. The highest BCUT2D eigenvalue weighted by Crippen LogP contribution is 2.31. The number of hydrogen-bond donors (Lipinski definition) is 1. The fourth-order valence-electron chi connectivity index (χ4n) is 3.70. The van der Waals surface area contributed by atoms with Gasteiger partial charge in [0.2, 0.25) is 5.91 Å². The number of carbonyl (C=O) groups is 1. The number of aromatic nitrogens is 2. The number of piperidine rings is 1. The molecule has 1 aliphatic carbocycles. The first kappa shape index (κ1) is 14.6. The van der Waals surface area contributed by atoms with Gasteiger partial charge in [-0.3, -0.25) is 9.48 Å². The predicted molar refractivity (Wildman–Crippen MR) is 81.8 cm³/mol. The molecule has 0 radical (unpaired) electrons. The molecular weight excluding hydrogens is 264 g/mol. The van der Waals surface area contributed by atoms with Crippen LogP contribution in [0.3, 0.4) is 0 Å². The van der Waals surface area contributed by atoms with Gasteiger partial charge in [-0.15, -0.1) is 0 Å². The molecule has 2 heterocycles. The molecule has 2 aliphatic rings. The third-order valence-corrected chi connectivity index (χ3v) is 5.08. The van der Waals surface area contributed by atoms with E-state index in [1.165, 1.54) is 5.56 Å². The summed E-state index contributed by atoms with van der Waals surface area (Å²) in [7, 11) is 0. The number of amides is 1. The molecule has 1 saturated heterocycles. The second-order valence-electron chi connectivity index (χ2n) is 6.50. The van der Waals surface area contributed by atoms with Crippen molar-refractivity contribution in [1.29, 1.82) is 0 Å². The topological polar surface area (TPSA) is 64.2 Å². The third-order valence-electron chi connectivity index (χ3n) is 5.08. The van der Waals surface area contributed by atoms with Gasteiger partial charge in [0.25, 0.3) is 0 Å². The quantitative estimate of drug-likeness (QED) is 0.922. The van der Waals surface area contributed by atoms with Crippen molar-refractivity contribution in [2.75, 3.05) is 13.1 Å². The molecule has 0 bridgehead atoms. The molecule has 0 unspecified atom stereocenters. The number of hydrogen-bond acceptors (Lipinski definition) is 3. The van der Waals surface area contributed by atoms with Crippen LogP contribution in [-0.4, -0.2) is 39.7 Å². The summed E-state index contributed by atoms with van der Waals surface area (Å²) in [5.74, 6) is 1.07. The van der Waals surface area contributed by atoms with E-state index in [-0.39, 0.29) is 12.0 Å². The lowest BCUT2D eigenvalue weighted by Crippen LogP contribution is -2.41. The predicted octanol–water partition coefficient (Wildman–Crippen LogP) is 1.74. The molecule has 2 atom stereocenters. The first-order chi connectivity index (χ1) is 10.2. The average molecular weight is 290 g/mol. The maximum atomic E-state index is 12.5. The lowest BCUT2D eigenvalue weighted by atomic mass is 9.91. The first-order valence-corrected chi connectivity index (χ1v) is 8.24. The van der Waals surface area contributed by atoms with E-state index in [2.05, 4.69) is 23.1 Å². The highest BCUT2D eigenvalue weighted by atomic mass is 16.2. The summed E-state index contributed by atoms with van der Waals surface area (Å²) in [6.45, 7) is 4.78. The Balaban J connectivity index is 1.54. The maximum absolute atomic E-state index is 12.5.